The fourth-order valence-electron chi connectivity index (χ4n) is 2.96. The number of aromatic nitrogens is 2. The Kier molecular flexibility index (Phi) is 6.75. The Morgan fingerprint density at radius 1 is 1.20 bits per heavy atom. The van der Waals surface area contributed by atoms with Gasteiger partial charge in [-0.25, -0.2) is 8.42 Å². The highest BCUT2D eigenvalue weighted by Gasteiger charge is 2.30. The molecule has 1 N–H and O–H groups in total. The molecule has 0 radical (unpaired) electrons. The molecule has 0 bridgehead atoms. The monoisotopic (exact) mass is 364 g/mol. The Labute approximate surface area is 150 Å². The van der Waals surface area contributed by atoms with Gasteiger partial charge in [0.05, 0.1) is 11.4 Å². The highest BCUT2D eigenvalue weighted by molar-refractivity contribution is 7.89. The third-order valence-electron chi connectivity index (χ3n) is 4.26. The van der Waals surface area contributed by atoms with Crippen LogP contribution in [0.4, 0.5) is 0 Å². The summed E-state index contributed by atoms with van der Waals surface area (Å²) in [4.78, 5) is 0.342. The first-order chi connectivity index (χ1) is 11.9. The molecule has 0 amide bonds. The number of benzene rings is 1. The highest BCUT2D eigenvalue weighted by Crippen LogP contribution is 2.25. The van der Waals surface area contributed by atoms with E-state index >= 15 is 0 Å². The van der Waals surface area contributed by atoms with Gasteiger partial charge in [0, 0.05) is 19.6 Å². The number of hydrogen-bond acceptors (Lipinski definition) is 4. The fourth-order valence-corrected chi connectivity index (χ4v) is 4.77. The van der Waals surface area contributed by atoms with E-state index in [4.69, 9.17) is 0 Å². The lowest BCUT2D eigenvalue weighted by Gasteiger charge is -2.21. The number of sulfonamides is 1. The molecule has 25 heavy (non-hydrogen) atoms. The summed E-state index contributed by atoms with van der Waals surface area (Å²) in [7, 11) is -1.68. The van der Waals surface area contributed by atoms with Gasteiger partial charge in [-0.3, -0.25) is 4.68 Å². The number of hydrogen-bond donors (Lipinski definition) is 1. The van der Waals surface area contributed by atoms with E-state index < -0.39 is 10.0 Å². The first-order valence-electron chi connectivity index (χ1n) is 8.64. The maximum absolute atomic E-state index is 13.2. The van der Waals surface area contributed by atoms with Crippen LogP contribution in [0.15, 0.2) is 35.2 Å². The average molecular weight is 365 g/mol. The maximum Gasteiger partial charge on any atom is 0.247 e. The maximum atomic E-state index is 13.2. The van der Waals surface area contributed by atoms with Crippen LogP contribution in [0.5, 0.6) is 0 Å². The minimum absolute atomic E-state index is 0.342. The van der Waals surface area contributed by atoms with Crippen LogP contribution >= 0.6 is 0 Å². The predicted octanol–water partition coefficient (Wildman–Crippen LogP) is 2.32. The fraction of sp³-hybridized carbons (Fsp3) is 0.500. The largest absolute Gasteiger partial charge is 0.320 e. The summed E-state index contributed by atoms with van der Waals surface area (Å²) in [5, 5.41) is 7.55. The summed E-state index contributed by atoms with van der Waals surface area (Å²) >= 11 is 0. The van der Waals surface area contributed by atoms with Crippen molar-refractivity contribution in [2.75, 3.05) is 20.1 Å². The van der Waals surface area contributed by atoms with Crippen LogP contribution in [0.2, 0.25) is 0 Å². The lowest BCUT2D eigenvalue weighted by atomic mass is 10.2. The van der Waals surface area contributed by atoms with E-state index in [1.54, 1.807) is 11.6 Å². The van der Waals surface area contributed by atoms with E-state index in [9.17, 15) is 8.42 Å². The third-order valence-corrected chi connectivity index (χ3v) is 6.44. The Hall–Kier alpha value is -1.70. The van der Waals surface area contributed by atoms with Crippen molar-refractivity contribution in [1.82, 2.24) is 19.4 Å². The molecule has 0 unspecified atom stereocenters. The zero-order chi connectivity index (χ0) is 18.4. The number of aryl methyl sites for hydroxylation is 2. The van der Waals surface area contributed by atoms with Gasteiger partial charge in [0.15, 0.2) is 0 Å². The van der Waals surface area contributed by atoms with Crippen molar-refractivity contribution >= 4 is 10.0 Å². The number of nitrogens with one attached hydrogen (secondary N) is 1. The minimum Gasteiger partial charge on any atom is -0.320 e. The molecule has 2 aromatic rings. The van der Waals surface area contributed by atoms with Gasteiger partial charge in [0.1, 0.15) is 4.90 Å². The first kappa shape index (κ1) is 19.6. The van der Waals surface area contributed by atoms with Gasteiger partial charge in [0.2, 0.25) is 10.0 Å². The second-order valence-corrected chi connectivity index (χ2v) is 7.97. The lowest BCUT2D eigenvalue weighted by molar-refractivity contribution is 0.422. The molecule has 6 nitrogen and oxygen atoms in total. The quantitative estimate of drug-likeness (QED) is 0.694. The van der Waals surface area contributed by atoms with Crippen molar-refractivity contribution in [3.8, 4) is 0 Å². The van der Waals surface area contributed by atoms with Gasteiger partial charge in [-0.15, -0.1) is 0 Å². The molecule has 1 aromatic heterocycles. The summed E-state index contributed by atoms with van der Waals surface area (Å²) in [6.07, 6.45) is 0.902. The summed E-state index contributed by atoms with van der Waals surface area (Å²) in [6, 6.07) is 9.66. The normalized spacial score (nSPS) is 12.0. The molecule has 1 heterocycles. The van der Waals surface area contributed by atoms with Crippen molar-refractivity contribution < 1.29 is 8.42 Å². The Morgan fingerprint density at radius 3 is 2.48 bits per heavy atom. The lowest BCUT2D eigenvalue weighted by Crippen LogP contribution is -2.31. The molecule has 0 atom stereocenters. The highest BCUT2D eigenvalue weighted by atomic mass is 32.2. The van der Waals surface area contributed by atoms with Crippen molar-refractivity contribution in [3.63, 3.8) is 0 Å². The van der Waals surface area contributed by atoms with Crippen LogP contribution in [-0.2, 0) is 23.1 Å². The smallest absolute Gasteiger partial charge is 0.247 e. The third kappa shape index (κ3) is 4.48. The van der Waals surface area contributed by atoms with Crippen molar-refractivity contribution in [3.05, 3.63) is 47.3 Å². The van der Waals surface area contributed by atoms with Crippen LogP contribution in [0.1, 0.15) is 30.3 Å². The number of nitrogens with zero attached hydrogens (tertiary/aromatic N) is 3. The van der Waals surface area contributed by atoms with Crippen LogP contribution in [-0.4, -0.2) is 42.6 Å². The molecule has 1 aromatic carbocycles. The summed E-state index contributed by atoms with van der Waals surface area (Å²) in [5.41, 5.74) is 2.25. The molecule has 0 saturated carbocycles. The zero-order valence-corrected chi connectivity index (χ0v) is 16.3. The number of rotatable bonds is 9. The Balaban J connectivity index is 2.31. The molecular formula is C18H28N4O2S. The van der Waals surface area contributed by atoms with Gasteiger partial charge < -0.3 is 5.32 Å². The van der Waals surface area contributed by atoms with Crippen LogP contribution < -0.4 is 5.32 Å². The van der Waals surface area contributed by atoms with Crippen molar-refractivity contribution in [1.29, 1.82) is 0 Å². The van der Waals surface area contributed by atoms with Gasteiger partial charge >= 0.3 is 0 Å². The van der Waals surface area contributed by atoms with Gasteiger partial charge in [-0.05, 0) is 39.4 Å². The molecule has 7 heteroatoms. The van der Waals surface area contributed by atoms with E-state index in [0.717, 1.165) is 18.5 Å². The van der Waals surface area contributed by atoms with Crippen LogP contribution in [0, 0.1) is 13.8 Å². The van der Waals surface area contributed by atoms with Gasteiger partial charge in [-0.2, -0.15) is 9.40 Å². The minimum atomic E-state index is -3.59. The molecule has 0 aliphatic heterocycles. The van der Waals surface area contributed by atoms with Crippen LogP contribution in [0.25, 0.3) is 0 Å². The predicted molar refractivity (Wildman–Crippen MR) is 100.0 cm³/mol. The van der Waals surface area contributed by atoms with E-state index in [0.29, 0.717) is 35.9 Å². The van der Waals surface area contributed by atoms with E-state index in [2.05, 4.69) is 10.4 Å². The standard InChI is InChI=1S/C18H28N4O2S/c1-5-21(14-17-10-7-6-8-11-17)25(23,24)18-15(2)20-22(16(18)3)13-9-12-19-4/h6-8,10-11,19H,5,9,12-14H2,1-4H3. The molecule has 0 fully saturated rings. The van der Waals surface area contributed by atoms with E-state index in [-0.39, 0.29) is 0 Å². The summed E-state index contributed by atoms with van der Waals surface area (Å²) in [6.45, 7) is 7.82. The van der Waals surface area contributed by atoms with Gasteiger partial charge in [0.25, 0.3) is 0 Å². The summed E-state index contributed by atoms with van der Waals surface area (Å²) < 4.78 is 29.7. The molecular weight excluding hydrogens is 336 g/mol. The summed E-state index contributed by atoms with van der Waals surface area (Å²) in [5.74, 6) is 0. The molecule has 0 saturated heterocycles. The topological polar surface area (TPSA) is 67.2 Å². The second kappa shape index (κ2) is 8.60. The first-order valence-corrected chi connectivity index (χ1v) is 10.1. The molecule has 0 spiro atoms. The van der Waals surface area contributed by atoms with E-state index in [1.807, 2.05) is 51.2 Å². The zero-order valence-electron chi connectivity index (χ0n) is 15.5. The van der Waals surface area contributed by atoms with Crippen LogP contribution in [0.3, 0.4) is 0 Å². The van der Waals surface area contributed by atoms with Crippen molar-refractivity contribution in [2.24, 2.45) is 0 Å². The average Bonchev–Trinajstić information content (AvgIpc) is 2.88. The second-order valence-electron chi connectivity index (χ2n) is 6.10. The van der Waals surface area contributed by atoms with Gasteiger partial charge in [-0.1, -0.05) is 37.3 Å². The molecule has 0 aliphatic carbocycles. The Morgan fingerprint density at radius 2 is 1.88 bits per heavy atom. The van der Waals surface area contributed by atoms with E-state index in [1.165, 1.54) is 4.31 Å². The SMILES string of the molecule is CCN(Cc1ccccc1)S(=O)(=O)c1c(C)nn(CCCNC)c1C. The molecule has 138 valence electrons. The molecule has 0 aliphatic rings. The Bertz CT molecular complexity index is 785. The molecule has 2 rings (SSSR count). The van der Waals surface area contributed by atoms with Crippen molar-refractivity contribution in [2.45, 2.75) is 45.2 Å².